The van der Waals surface area contributed by atoms with Crippen molar-refractivity contribution in [3.63, 3.8) is 0 Å². The largest absolute Gasteiger partial charge is 0.398 e. The molecule has 0 aliphatic heterocycles. The maximum absolute atomic E-state index is 9.91. The Hall–Kier alpha value is -1.73. The van der Waals surface area contributed by atoms with Crippen LogP contribution in [0.4, 0.5) is 0 Å². The van der Waals surface area contributed by atoms with Gasteiger partial charge in [0.05, 0.1) is 0 Å². The molecule has 0 fully saturated rings. The summed E-state index contributed by atoms with van der Waals surface area (Å²) in [5.74, 6) is 0. The first-order valence-electron chi connectivity index (χ1n) is 4.54. The van der Waals surface area contributed by atoms with E-state index in [2.05, 4.69) is 0 Å². The van der Waals surface area contributed by atoms with Crippen LogP contribution in [0.2, 0.25) is 0 Å². The van der Waals surface area contributed by atoms with Crippen molar-refractivity contribution >= 4 is 0 Å². The fraction of sp³-hybridized carbons (Fsp3) is 0. The quantitative estimate of drug-likeness (QED) is 0.709. The Balaban J connectivity index is 2.30. The van der Waals surface area contributed by atoms with Crippen LogP contribution in [0, 0.1) is 6.10 Å². The molecule has 0 saturated heterocycles. The molecule has 1 nitrogen and oxygen atoms in total. The topological polar surface area (TPSA) is 20.2 Å². The molecule has 0 amide bonds. The van der Waals surface area contributed by atoms with Crippen LogP contribution in [-0.4, -0.2) is 5.11 Å². The van der Waals surface area contributed by atoms with Crippen molar-refractivity contribution in [1.82, 2.24) is 0 Å². The van der Waals surface area contributed by atoms with Crippen molar-refractivity contribution in [2.24, 2.45) is 0 Å². The summed E-state index contributed by atoms with van der Waals surface area (Å²) in [4.78, 5) is 0. The monoisotopic (exact) mass is 183 g/mol. The smallest absolute Gasteiger partial charge is 0.00516 e. The summed E-state index contributed by atoms with van der Waals surface area (Å²) >= 11 is 0. The second kappa shape index (κ2) is 3.99. The molecule has 0 aromatic heterocycles. The predicted octanol–water partition coefficient (Wildman–Crippen LogP) is 2.99. The summed E-state index contributed by atoms with van der Waals surface area (Å²) < 4.78 is 0. The molecule has 14 heavy (non-hydrogen) atoms. The minimum atomic E-state index is 0.325. The normalized spacial score (nSPS) is 9.79. The number of benzene rings is 2. The molecule has 0 heterocycles. The molecule has 0 bridgehead atoms. The summed E-state index contributed by atoms with van der Waals surface area (Å²) in [7, 11) is 0. The van der Waals surface area contributed by atoms with Crippen molar-refractivity contribution in [1.29, 1.82) is 0 Å². The molecule has 0 atom stereocenters. The van der Waals surface area contributed by atoms with Gasteiger partial charge in [-0.15, -0.1) is 24.3 Å². The lowest BCUT2D eigenvalue weighted by atomic mass is 10.0. The molecule has 0 spiro atoms. The van der Waals surface area contributed by atoms with Crippen LogP contribution in [-0.2, 0) is 0 Å². The van der Waals surface area contributed by atoms with E-state index in [1.54, 1.807) is 0 Å². The van der Waals surface area contributed by atoms with Crippen LogP contribution in [0.1, 0.15) is 11.1 Å². The Morgan fingerprint density at radius 3 is 1.36 bits per heavy atom. The number of hydrogen-bond acceptors (Lipinski definition) is 1. The molecule has 0 saturated carbocycles. The summed E-state index contributed by atoms with van der Waals surface area (Å²) in [5.41, 5.74) is 1.69. The van der Waals surface area contributed by atoms with E-state index in [1.807, 2.05) is 60.7 Å². The Bertz CT molecular complexity index is 341. The summed E-state index contributed by atoms with van der Waals surface area (Å²) in [5, 5.41) is 9.91. The maximum atomic E-state index is 9.91. The van der Waals surface area contributed by atoms with Crippen molar-refractivity contribution in [2.75, 3.05) is 0 Å². The number of aliphatic hydroxyl groups is 1. The predicted molar refractivity (Wildman–Crippen MR) is 56.3 cm³/mol. The van der Waals surface area contributed by atoms with Gasteiger partial charge in [-0.3, -0.25) is 0 Å². The maximum Gasteiger partial charge on any atom is 0.00516 e. The Labute approximate surface area is 83.6 Å². The lowest BCUT2D eigenvalue weighted by Crippen LogP contribution is -1.99. The first kappa shape index (κ1) is 8.85. The van der Waals surface area contributed by atoms with Gasteiger partial charge in [-0.05, 0) is 0 Å². The SMILES string of the molecule is O[C-](c1ccccc1)c1ccccc1. The van der Waals surface area contributed by atoms with Gasteiger partial charge in [-0.25, -0.2) is 0 Å². The Morgan fingerprint density at radius 2 is 1.00 bits per heavy atom. The van der Waals surface area contributed by atoms with Gasteiger partial charge < -0.3 is 5.11 Å². The fourth-order valence-electron chi connectivity index (χ4n) is 1.36. The van der Waals surface area contributed by atoms with Crippen LogP contribution >= 0.6 is 0 Å². The van der Waals surface area contributed by atoms with E-state index in [9.17, 15) is 5.11 Å². The van der Waals surface area contributed by atoms with Crippen LogP contribution in [0.5, 0.6) is 0 Å². The summed E-state index contributed by atoms with van der Waals surface area (Å²) in [6.07, 6.45) is 0.325. The van der Waals surface area contributed by atoms with E-state index in [0.29, 0.717) is 6.10 Å². The van der Waals surface area contributed by atoms with E-state index in [4.69, 9.17) is 0 Å². The van der Waals surface area contributed by atoms with Gasteiger partial charge in [0.1, 0.15) is 0 Å². The first-order chi connectivity index (χ1) is 6.88. The second-order valence-electron chi connectivity index (χ2n) is 3.08. The van der Waals surface area contributed by atoms with E-state index < -0.39 is 0 Å². The number of hydrogen-bond donors (Lipinski definition) is 1. The molecule has 1 N–H and O–H groups in total. The number of rotatable bonds is 2. The summed E-state index contributed by atoms with van der Waals surface area (Å²) in [6, 6.07) is 19.1. The zero-order valence-corrected chi connectivity index (χ0v) is 7.72. The zero-order chi connectivity index (χ0) is 9.80. The highest BCUT2D eigenvalue weighted by Crippen LogP contribution is 2.19. The van der Waals surface area contributed by atoms with Crippen LogP contribution in [0.3, 0.4) is 0 Å². The first-order valence-corrected chi connectivity index (χ1v) is 4.54. The van der Waals surface area contributed by atoms with Gasteiger partial charge in [-0.2, -0.15) is 0 Å². The van der Waals surface area contributed by atoms with Crippen molar-refractivity contribution in [3.8, 4) is 0 Å². The van der Waals surface area contributed by atoms with Crippen molar-refractivity contribution in [3.05, 3.63) is 77.9 Å². The third-order valence-corrected chi connectivity index (χ3v) is 2.09. The zero-order valence-electron chi connectivity index (χ0n) is 7.72. The fourth-order valence-corrected chi connectivity index (χ4v) is 1.36. The van der Waals surface area contributed by atoms with Gasteiger partial charge in [0.2, 0.25) is 0 Å². The molecular formula is C13H11O-. The molecule has 0 radical (unpaired) electrons. The third kappa shape index (κ3) is 1.78. The molecular weight excluding hydrogens is 172 g/mol. The minimum Gasteiger partial charge on any atom is -0.398 e. The molecule has 0 aliphatic carbocycles. The Kier molecular flexibility index (Phi) is 2.52. The van der Waals surface area contributed by atoms with Crippen LogP contribution < -0.4 is 0 Å². The van der Waals surface area contributed by atoms with Gasteiger partial charge in [0.15, 0.2) is 0 Å². The van der Waals surface area contributed by atoms with Crippen LogP contribution in [0.25, 0.3) is 0 Å². The number of aliphatic hydroxyl groups excluding tert-OH is 1. The lowest BCUT2D eigenvalue weighted by Gasteiger charge is -2.17. The summed E-state index contributed by atoms with van der Waals surface area (Å²) in [6.45, 7) is 0. The second-order valence-corrected chi connectivity index (χ2v) is 3.08. The van der Waals surface area contributed by atoms with Gasteiger partial charge >= 0.3 is 0 Å². The molecule has 1 heteroatoms. The molecule has 2 aromatic carbocycles. The van der Waals surface area contributed by atoms with E-state index >= 15 is 0 Å². The lowest BCUT2D eigenvalue weighted by molar-refractivity contribution is 0.356. The standard InChI is InChI=1S/C13H11O/c14-13(11-7-3-1-4-8-11)12-9-5-2-6-10-12/h1-10,14H/q-1. The van der Waals surface area contributed by atoms with Crippen LogP contribution in [0.15, 0.2) is 60.7 Å². The molecule has 0 aliphatic rings. The highest BCUT2D eigenvalue weighted by Gasteiger charge is 2.00. The van der Waals surface area contributed by atoms with E-state index in [0.717, 1.165) is 11.1 Å². The average molecular weight is 183 g/mol. The molecule has 70 valence electrons. The van der Waals surface area contributed by atoms with E-state index in [-0.39, 0.29) is 0 Å². The molecule has 2 rings (SSSR count). The minimum absolute atomic E-state index is 0.325. The highest BCUT2D eigenvalue weighted by molar-refractivity contribution is 5.40. The van der Waals surface area contributed by atoms with Gasteiger partial charge in [0, 0.05) is 6.10 Å². The average Bonchev–Trinajstić information content (AvgIpc) is 2.30. The van der Waals surface area contributed by atoms with Gasteiger partial charge in [-0.1, -0.05) is 47.5 Å². The molecule has 2 aromatic rings. The van der Waals surface area contributed by atoms with Crippen molar-refractivity contribution in [2.45, 2.75) is 0 Å². The van der Waals surface area contributed by atoms with Gasteiger partial charge in [0.25, 0.3) is 0 Å². The third-order valence-electron chi connectivity index (χ3n) is 2.09. The molecule has 0 unspecified atom stereocenters. The van der Waals surface area contributed by atoms with Crippen molar-refractivity contribution < 1.29 is 5.11 Å². The highest BCUT2D eigenvalue weighted by atomic mass is 16.3. The van der Waals surface area contributed by atoms with E-state index in [1.165, 1.54) is 0 Å². The Morgan fingerprint density at radius 1 is 0.643 bits per heavy atom.